The quantitative estimate of drug-likeness (QED) is 0.415. The smallest absolute Gasteiger partial charge is 0.317 e. The van der Waals surface area contributed by atoms with E-state index in [1.165, 1.54) is 0 Å². The third kappa shape index (κ3) is 5.15. The Balaban J connectivity index is 1.21. The monoisotopic (exact) mass is 494 g/mol. The molecule has 0 radical (unpaired) electrons. The average molecular weight is 495 g/mol. The predicted molar refractivity (Wildman–Crippen MR) is 139 cm³/mol. The van der Waals surface area contributed by atoms with E-state index in [-0.39, 0.29) is 24.3 Å². The number of anilines is 1. The molecule has 1 aromatic heterocycles. The molecule has 8 heteroatoms. The molecule has 0 spiro atoms. The van der Waals surface area contributed by atoms with E-state index in [4.69, 9.17) is 18.9 Å². The summed E-state index contributed by atoms with van der Waals surface area (Å²) in [7, 11) is 0. The van der Waals surface area contributed by atoms with Crippen LogP contribution in [0, 0.1) is 0 Å². The summed E-state index contributed by atoms with van der Waals surface area (Å²) in [5, 5.41) is 11.3. The lowest BCUT2D eigenvalue weighted by Crippen LogP contribution is -2.29. The number of hydrogen-bond donors (Lipinski definition) is 1. The number of aliphatic imine (C=N–C) groups is 1. The van der Waals surface area contributed by atoms with E-state index >= 15 is 0 Å². The number of Topliss-reactive ketones (excluding diaryl/α,β-unsaturated/α-hetero) is 1. The first-order valence-electron chi connectivity index (χ1n) is 12.4. The minimum Gasteiger partial charge on any atom is -0.490 e. The zero-order valence-electron chi connectivity index (χ0n) is 20.2. The molecule has 1 atom stereocenters. The first-order valence-corrected chi connectivity index (χ1v) is 12.4. The lowest BCUT2D eigenvalue weighted by Gasteiger charge is -2.23. The number of fused-ring (bicyclic) bond motifs is 1. The minimum absolute atomic E-state index is 0.0762. The van der Waals surface area contributed by atoms with Gasteiger partial charge in [0.15, 0.2) is 11.9 Å². The largest absolute Gasteiger partial charge is 0.490 e. The van der Waals surface area contributed by atoms with Gasteiger partial charge in [0.25, 0.3) is 0 Å². The fourth-order valence-corrected chi connectivity index (χ4v) is 4.58. The van der Waals surface area contributed by atoms with Gasteiger partial charge in [0.1, 0.15) is 11.9 Å². The number of hydrogen-bond acceptors (Lipinski definition) is 8. The summed E-state index contributed by atoms with van der Waals surface area (Å²) in [6, 6.07) is 25.4. The number of benzene rings is 3. The molecule has 1 fully saturated rings. The topological polar surface area (TPSA) is 98.8 Å². The van der Waals surface area contributed by atoms with Crippen LogP contribution in [0.25, 0.3) is 11.5 Å². The molecular formula is C29H26N4O4. The fourth-order valence-electron chi connectivity index (χ4n) is 4.58. The molecule has 2 aliphatic rings. The number of nitrogens with one attached hydrogen (secondary N) is 1. The Bertz CT molecular complexity index is 1410. The molecule has 0 bridgehead atoms. The number of ether oxygens (including phenoxy) is 2. The number of rotatable bonds is 6. The second kappa shape index (κ2) is 10.4. The molecule has 8 nitrogen and oxygen atoms in total. The van der Waals surface area contributed by atoms with Crippen LogP contribution < -0.4 is 10.1 Å². The lowest BCUT2D eigenvalue weighted by molar-refractivity contribution is -0.119. The van der Waals surface area contributed by atoms with E-state index in [0.29, 0.717) is 5.89 Å². The third-order valence-electron chi connectivity index (χ3n) is 6.51. The van der Waals surface area contributed by atoms with Crippen molar-refractivity contribution in [2.45, 2.75) is 31.5 Å². The number of carbonyl (C=O) groups is 1. The highest BCUT2D eigenvalue weighted by Gasteiger charge is 2.27. The lowest BCUT2D eigenvalue weighted by atomic mass is 9.96. The van der Waals surface area contributed by atoms with Crippen LogP contribution >= 0.6 is 0 Å². The molecule has 0 saturated carbocycles. The molecule has 186 valence electrons. The average Bonchev–Trinajstić information content (AvgIpc) is 3.36. The molecule has 3 heterocycles. The van der Waals surface area contributed by atoms with Crippen LogP contribution in [-0.2, 0) is 16.0 Å². The molecule has 1 saturated heterocycles. The third-order valence-corrected chi connectivity index (χ3v) is 6.51. The predicted octanol–water partition coefficient (Wildman–Crippen LogP) is 4.70. The Morgan fingerprint density at radius 1 is 0.838 bits per heavy atom. The molecular weight excluding hydrogens is 468 g/mol. The summed E-state index contributed by atoms with van der Waals surface area (Å²) in [6.45, 7) is 1.46. The van der Waals surface area contributed by atoms with Gasteiger partial charge in [-0.25, -0.2) is 0 Å². The van der Waals surface area contributed by atoms with Crippen molar-refractivity contribution in [1.29, 1.82) is 0 Å². The normalized spacial score (nSPS) is 18.0. The molecule has 3 aromatic carbocycles. The van der Waals surface area contributed by atoms with Gasteiger partial charge in [0.2, 0.25) is 5.89 Å². The van der Waals surface area contributed by atoms with E-state index in [0.717, 1.165) is 59.8 Å². The van der Waals surface area contributed by atoms with Crippen LogP contribution in [-0.4, -0.2) is 47.2 Å². The highest BCUT2D eigenvalue weighted by molar-refractivity contribution is 6.16. The van der Waals surface area contributed by atoms with Gasteiger partial charge in [-0.15, -0.1) is 5.10 Å². The van der Waals surface area contributed by atoms with E-state index in [2.05, 4.69) is 15.5 Å². The first-order chi connectivity index (χ1) is 18.2. The van der Waals surface area contributed by atoms with Gasteiger partial charge < -0.3 is 19.2 Å². The standard InChI is InChI=1S/C29H26N4O4/c34-25-18-21-8-4-5-9-24(21)26(19-6-2-1-3-7-19)30-27(25)31-29-33-32-28(37-29)20-10-12-22(13-11-20)36-23-14-16-35-17-15-23/h1-13,23,27H,14-18H2,(H,31,33). The van der Waals surface area contributed by atoms with Gasteiger partial charge in [-0.2, -0.15) is 0 Å². The minimum atomic E-state index is -0.855. The zero-order chi connectivity index (χ0) is 25.0. The Hall–Kier alpha value is -4.30. The van der Waals surface area contributed by atoms with Crippen LogP contribution in [0.15, 0.2) is 88.3 Å². The maximum absolute atomic E-state index is 13.2. The van der Waals surface area contributed by atoms with E-state index in [1.807, 2.05) is 78.9 Å². The second-order valence-corrected chi connectivity index (χ2v) is 9.06. The highest BCUT2D eigenvalue weighted by Crippen LogP contribution is 2.26. The van der Waals surface area contributed by atoms with Crippen LogP contribution in [0.3, 0.4) is 0 Å². The van der Waals surface area contributed by atoms with Crippen molar-refractivity contribution in [3.8, 4) is 17.2 Å². The number of aromatic nitrogens is 2. The number of carbonyl (C=O) groups excluding carboxylic acids is 1. The zero-order valence-corrected chi connectivity index (χ0v) is 20.2. The molecule has 0 aliphatic carbocycles. The fraction of sp³-hybridized carbons (Fsp3) is 0.241. The second-order valence-electron chi connectivity index (χ2n) is 9.06. The summed E-state index contributed by atoms with van der Waals surface area (Å²) in [5.41, 5.74) is 4.33. The summed E-state index contributed by atoms with van der Waals surface area (Å²) < 4.78 is 17.3. The van der Waals surface area contributed by atoms with Crippen LogP contribution in [0.5, 0.6) is 5.75 Å². The molecule has 37 heavy (non-hydrogen) atoms. The summed E-state index contributed by atoms with van der Waals surface area (Å²) in [5.74, 6) is 1.06. The highest BCUT2D eigenvalue weighted by atomic mass is 16.5. The SMILES string of the molecule is O=C1Cc2ccccc2C(c2ccccc2)=NC1Nc1nnc(-c2ccc(OC3CCOCC3)cc2)o1. The van der Waals surface area contributed by atoms with E-state index in [1.54, 1.807) is 0 Å². The Labute approximate surface area is 214 Å². The van der Waals surface area contributed by atoms with Crippen LogP contribution in [0.1, 0.15) is 29.5 Å². The molecule has 1 N–H and O–H groups in total. The maximum atomic E-state index is 13.2. The van der Waals surface area contributed by atoms with Gasteiger partial charge in [0, 0.05) is 36.0 Å². The molecule has 2 aliphatic heterocycles. The number of nitrogens with zero attached hydrogens (tertiary/aromatic N) is 3. The van der Waals surface area contributed by atoms with E-state index in [9.17, 15) is 4.79 Å². The summed E-state index contributed by atoms with van der Waals surface area (Å²) in [4.78, 5) is 18.0. The van der Waals surface area contributed by atoms with Gasteiger partial charge in [-0.05, 0) is 29.8 Å². The summed E-state index contributed by atoms with van der Waals surface area (Å²) >= 11 is 0. The van der Waals surface area contributed by atoms with Gasteiger partial charge >= 0.3 is 6.01 Å². The van der Waals surface area contributed by atoms with E-state index < -0.39 is 6.17 Å². The Morgan fingerprint density at radius 3 is 2.41 bits per heavy atom. The molecule has 1 unspecified atom stereocenters. The van der Waals surface area contributed by atoms with Crippen molar-refractivity contribution >= 4 is 17.5 Å². The van der Waals surface area contributed by atoms with Crippen molar-refractivity contribution < 1.29 is 18.7 Å². The van der Waals surface area contributed by atoms with Crippen LogP contribution in [0.4, 0.5) is 6.01 Å². The molecule has 0 amide bonds. The van der Waals surface area contributed by atoms with Crippen molar-refractivity contribution in [1.82, 2.24) is 10.2 Å². The summed E-state index contributed by atoms with van der Waals surface area (Å²) in [6.07, 6.45) is 1.35. The van der Waals surface area contributed by atoms with Crippen molar-refractivity contribution in [3.05, 3.63) is 95.6 Å². The first kappa shape index (κ1) is 23.1. The van der Waals surface area contributed by atoms with Gasteiger partial charge in [-0.1, -0.05) is 59.7 Å². The van der Waals surface area contributed by atoms with Crippen molar-refractivity contribution in [3.63, 3.8) is 0 Å². The number of ketones is 1. The molecule has 6 rings (SSSR count). The van der Waals surface area contributed by atoms with Crippen molar-refractivity contribution in [2.75, 3.05) is 18.5 Å². The van der Waals surface area contributed by atoms with Crippen molar-refractivity contribution in [2.24, 2.45) is 4.99 Å². The van der Waals surface area contributed by atoms with Gasteiger partial charge in [0.05, 0.1) is 18.9 Å². The van der Waals surface area contributed by atoms with Crippen LogP contribution in [0.2, 0.25) is 0 Å². The Kier molecular flexibility index (Phi) is 6.47. The molecule has 4 aromatic rings. The Morgan fingerprint density at radius 2 is 1.59 bits per heavy atom. The maximum Gasteiger partial charge on any atom is 0.317 e. The van der Waals surface area contributed by atoms with Gasteiger partial charge in [-0.3, -0.25) is 9.79 Å².